The number of hydrogen-bond acceptors (Lipinski definition) is 0. The third kappa shape index (κ3) is 2.99. The maximum absolute atomic E-state index is 13.7. The van der Waals surface area contributed by atoms with E-state index in [1.165, 1.54) is 11.6 Å². The van der Waals surface area contributed by atoms with Gasteiger partial charge >= 0.3 is 0 Å². The zero-order valence-corrected chi connectivity index (χ0v) is 11.8. The molecule has 3 aromatic rings. The number of nitrogens with zero attached hydrogens (tertiary/aromatic N) is 1. The summed E-state index contributed by atoms with van der Waals surface area (Å²) < 4.78 is 15.7. The van der Waals surface area contributed by atoms with Crippen LogP contribution >= 0.6 is 0 Å². The maximum Gasteiger partial charge on any atom is 0.179 e. The van der Waals surface area contributed by atoms with Gasteiger partial charge in [-0.25, -0.2) is 8.96 Å². The van der Waals surface area contributed by atoms with Gasteiger partial charge in [0, 0.05) is 11.6 Å². The fraction of sp³-hybridized carbons (Fsp3) is 0.0625. The minimum absolute atomic E-state index is 0. The van der Waals surface area contributed by atoms with Gasteiger partial charge in [-0.15, -0.1) is 0 Å². The summed E-state index contributed by atoms with van der Waals surface area (Å²) in [4.78, 5) is 0. The van der Waals surface area contributed by atoms with E-state index in [2.05, 4.69) is 12.1 Å². The molecule has 96 valence electrons. The van der Waals surface area contributed by atoms with Crippen molar-refractivity contribution in [1.29, 1.82) is 0 Å². The number of benzene rings is 2. The third-order valence-corrected chi connectivity index (χ3v) is 3.04. The zero-order valence-electron chi connectivity index (χ0n) is 10.3. The first-order chi connectivity index (χ1) is 8.83. The van der Waals surface area contributed by atoms with Crippen molar-refractivity contribution < 1.29 is 25.9 Å². The molecular weight excluding hydrogens is 305 g/mol. The fourth-order valence-corrected chi connectivity index (χ4v) is 2.11. The Kier molecular flexibility index (Phi) is 4.27. The highest BCUT2D eigenvalue weighted by Crippen LogP contribution is 2.14. The van der Waals surface area contributed by atoms with Gasteiger partial charge in [0.25, 0.3) is 0 Å². The highest BCUT2D eigenvalue weighted by atomic mass is 79.9. The molecule has 0 fully saturated rings. The van der Waals surface area contributed by atoms with Crippen LogP contribution in [-0.2, 0) is 6.54 Å². The smallest absolute Gasteiger partial charge is 0.179 e. The van der Waals surface area contributed by atoms with E-state index in [0.29, 0.717) is 5.39 Å². The fourth-order valence-electron chi connectivity index (χ4n) is 2.11. The van der Waals surface area contributed by atoms with E-state index in [1.54, 1.807) is 6.07 Å². The maximum atomic E-state index is 13.7. The van der Waals surface area contributed by atoms with E-state index in [9.17, 15) is 4.39 Å². The second kappa shape index (κ2) is 5.93. The molecule has 0 unspecified atom stereocenters. The Morgan fingerprint density at radius 1 is 0.895 bits per heavy atom. The summed E-state index contributed by atoms with van der Waals surface area (Å²) >= 11 is 0. The van der Waals surface area contributed by atoms with Gasteiger partial charge in [-0.1, -0.05) is 42.5 Å². The molecule has 0 saturated heterocycles. The van der Waals surface area contributed by atoms with Crippen LogP contribution in [0.2, 0.25) is 0 Å². The first-order valence-corrected chi connectivity index (χ1v) is 5.94. The molecule has 0 amide bonds. The molecule has 0 aliphatic rings. The second-order valence-electron chi connectivity index (χ2n) is 4.35. The topological polar surface area (TPSA) is 3.88 Å². The lowest BCUT2D eigenvalue weighted by Gasteiger charge is -2.00. The van der Waals surface area contributed by atoms with Crippen molar-refractivity contribution in [3.8, 4) is 0 Å². The van der Waals surface area contributed by atoms with E-state index in [4.69, 9.17) is 0 Å². The van der Waals surface area contributed by atoms with Crippen molar-refractivity contribution in [2.45, 2.75) is 6.54 Å². The number of fused-ring (bicyclic) bond motifs is 1. The van der Waals surface area contributed by atoms with Crippen molar-refractivity contribution in [2.75, 3.05) is 0 Å². The van der Waals surface area contributed by atoms with Crippen molar-refractivity contribution in [3.05, 3.63) is 78.4 Å². The molecule has 3 rings (SSSR count). The summed E-state index contributed by atoms with van der Waals surface area (Å²) in [5.41, 5.74) is 1.21. The average Bonchev–Trinajstić information content (AvgIpc) is 2.41. The van der Waals surface area contributed by atoms with Gasteiger partial charge in [0.2, 0.25) is 0 Å². The van der Waals surface area contributed by atoms with Crippen LogP contribution in [0.15, 0.2) is 67.0 Å². The zero-order chi connectivity index (χ0) is 12.4. The Morgan fingerprint density at radius 3 is 2.47 bits per heavy atom. The molecule has 0 radical (unpaired) electrons. The van der Waals surface area contributed by atoms with Crippen LogP contribution in [0.5, 0.6) is 0 Å². The van der Waals surface area contributed by atoms with Crippen LogP contribution in [0.4, 0.5) is 4.39 Å². The lowest BCUT2D eigenvalue weighted by molar-refractivity contribution is -0.687. The summed E-state index contributed by atoms with van der Waals surface area (Å²) in [5.74, 6) is -0.171. The second-order valence-corrected chi connectivity index (χ2v) is 4.35. The van der Waals surface area contributed by atoms with Crippen LogP contribution in [0.25, 0.3) is 10.8 Å². The molecule has 0 saturated carbocycles. The lowest BCUT2D eigenvalue weighted by Crippen LogP contribution is -3.00. The number of halogens is 2. The van der Waals surface area contributed by atoms with E-state index >= 15 is 0 Å². The Labute approximate surface area is 122 Å². The Balaban J connectivity index is 0.00000133. The molecule has 0 aliphatic carbocycles. The molecule has 1 aromatic heterocycles. The molecule has 0 aliphatic heterocycles. The summed E-state index contributed by atoms with van der Waals surface area (Å²) in [6.07, 6.45) is 3.84. The van der Waals surface area contributed by atoms with Crippen molar-refractivity contribution >= 4 is 10.8 Å². The average molecular weight is 318 g/mol. The number of pyridine rings is 1. The van der Waals surface area contributed by atoms with Crippen molar-refractivity contribution in [3.63, 3.8) is 0 Å². The predicted octanol–water partition coefficient (Wildman–Crippen LogP) is 0.319. The van der Waals surface area contributed by atoms with E-state index in [1.807, 2.05) is 47.3 Å². The normalized spacial score (nSPS) is 10.2. The molecule has 0 atom stereocenters. The molecule has 0 N–H and O–H groups in total. The summed E-state index contributed by atoms with van der Waals surface area (Å²) in [7, 11) is 0. The van der Waals surface area contributed by atoms with Crippen molar-refractivity contribution in [2.24, 2.45) is 0 Å². The number of aromatic nitrogens is 1. The largest absolute Gasteiger partial charge is 1.00 e. The Hall–Kier alpha value is -1.74. The third-order valence-electron chi connectivity index (χ3n) is 3.04. The highest BCUT2D eigenvalue weighted by Gasteiger charge is 2.07. The molecule has 0 spiro atoms. The number of rotatable bonds is 2. The van der Waals surface area contributed by atoms with E-state index in [-0.39, 0.29) is 22.8 Å². The molecule has 0 bridgehead atoms. The molecule has 19 heavy (non-hydrogen) atoms. The molecular formula is C16H13BrFN. The Morgan fingerprint density at radius 2 is 1.68 bits per heavy atom. The Bertz CT molecular complexity index is 683. The minimum Gasteiger partial charge on any atom is -1.00 e. The van der Waals surface area contributed by atoms with Gasteiger partial charge in [0.15, 0.2) is 18.9 Å². The van der Waals surface area contributed by atoms with Gasteiger partial charge in [0.05, 0.1) is 5.39 Å². The quantitative estimate of drug-likeness (QED) is 0.599. The molecule has 1 nitrogen and oxygen atoms in total. The minimum atomic E-state index is -0.171. The summed E-state index contributed by atoms with van der Waals surface area (Å²) in [6.45, 7) is 0.755. The monoisotopic (exact) mass is 317 g/mol. The van der Waals surface area contributed by atoms with Crippen LogP contribution < -0.4 is 21.5 Å². The van der Waals surface area contributed by atoms with Crippen molar-refractivity contribution in [1.82, 2.24) is 0 Å². The lowest BCUT2D eigenvalue weighted by atomic mass is 10.1. The van der Waals surface area contributed by atoms with Gasteiger partial charge < -0.3 is 17.0 Å². The number of hydrogen-bond donors (Lipinski definition) is 0. The SMILES string of the molecule is Fc1cccc2cc[n+](Cc3ccccc3)cc12.[Br-]. The first kappa shape index (κ1) is 13.7. The van der Waals surface area contributed by atoms with Gasteiger partial charge in [0.1, 0.15) is 5.82 Å². The first-order valence-electron chi connectivity index (χ1n) is 5.94. The van der Waals surface area contributed by atoms with E-state index < -0.39 is 0 Å². The van der Waals surface area contributed by atoms with Crippen LogP contribution in [-0.4, -0.2) is 0 Å². The summed E-state index contributed by atoms with van der Waals surface area (Å²) in [6, 6.07) is 17.3. The van der Waals surface area contributed by atoms with Gasteiger partial charge in [-0.3, -0.25) is 0 Å². The highest BCUT2D eigenvalue weighted by molar-refractivity contribution is 5.81. The van der Waals surface area contributed by atoms with Crippen LogP contribution in [0, 0.1) is 5.82 Å². The standard InChI is InChI=1S/C16H13FN.BrH/c17-16-8-4-7-14-9-10-18(12-15(14)16)11-13-5-2-1-3-6-13;/h1-10,12H,11H2;1H/q+1;/p-1. The van der Waals surface area contributed by atoms with Crippen LogP contribution in [0.3, 0.4) is 0 Å². The van der Waals surface area contributed by atoms with Gasteiger partial charge in [-0.05, 0) is 11.5 Å². The van der Waals surface area contributed by atoms with E-state index in [0.717, 1.165) is 11.9 Å². The predicted molar refractivity (Wildman–Crippen MR) is 69.6 cm³/mol. The molecule has 1 heterocycles. The molecule has 3 heteroatoms. The van der Waals surface area contributed by atoms with Gasteiger partial charge in [-0.2, -0.15) is 0 Å². The molecule has 2 aromatic carbocycles. The summed E-state index contributed by atoms with van der Waals surface area (Å²) in [5, 5.41) is 1.59. The van der Waals surface area contributed by atoms with Crippen LogP contribution in [0.1, 0.15) is 5.56 Å².